The Hall–Kier alpha value is -2.93. The standard InChI is InChI=1S/C22H24O10S2/c1-14-5-9-16(10-6-14)33(24,25)30-13-18(19-20(28-3)21(29-4)22(23)31-19)32-34(26,27)17-11-7-15(2)8-12-17/h5-12,18-19H,13H2,1-4H3/t18-,19+/m1/s1. The van der Waals surface area contributed by atoms with Gasteiger partial charge in [0.15, 0.2) is 11.9 Å². The van der Waals surface area contributed by atoms with Crippen LogP contribution >= 0.6 is 0 Å². The molecule has 0 saturated heterocycles. The number of benzene rings is 2. The zero-order chi connectivity index (χ0) is 25.1. The Morgan fingerprint density at radius 1 is 0.824 bits per heavy atom. The normalized spacial score (nSPS) is 17.4. The zero-order valence-electron chi connectivity index (χ0n) is 18.9. The summed E-state index contributed by atoms with van der Waals surface area (Å²) in [4.78, 5) is 11.9. The molecule has 0 saturated carbocycles. The van der Waals surface area contributed by atoms with E-state index in [4.69, 9.17) is 22.6 Å². The monoisotopic (exact) mass is 512 g/mol. The molecule has 0 N–H and O–H groups in total. The summed E-state index contributed by atoms with van der Waals surface area (Å²) in [5, 5.41) is 0. The molecule has 12 heteroatoms. The minimum absolute atomic E-state index is 0.137. The molecule has 0 spiro atoms. The second-order valence-corrected chi connectivity index (χ2v) is 10.6. The quantitative estimate of drug-likeness (QED) is 0.345. The van der Waals surface area contributed by atoms with Gasteiger partial charge in [0.1, 0.15) is 6.10 Å². The summed E-state index contributed by atoms with van der Waals surface area (Å²) in [5.74, 6) is -1.38. The number of carbonyl (C=O) groups is 1. The van der Waals surface area contributed by atoms with Gasteiger partial charge in [0, 0.05) is 0 Å². The smallest absolute Gasteiger partial charge is 0.378 e. The number of hydrogen-bond donors (Lipinski definition) is 0. The van der Waals surface area contributed by atoms with E-state index >= 15 is 0 Å². The fourth-order valence-corrected chi connectivity index (χ4v) is 5.09. The molecule has 2 aromatic carbocycles. The molecule has 34 heavy (non-hydrogen) atoms. The van der Waals surface area contributed by atoms with Crippen molar-refractivity contribution in [2.75, 3.05) is 20.8 Å². The van der Waals surface area contributed by atoms with E-state index in [2.05, 4.69) is 0 Å². The predicted molar refractivity (Wildman–Crippen MR) is 118 cm³/mol. The van der Waals surface area contributed by atoms with Crippen LogP contribution in [0.1, 0.15) is 11.1 Å². The minimum Gasteiger partial charge on any atom is -0.493 e. The van der Waals surface area contributed by atoms with E-state index in [0.717, 1.165) is 11.1 Å². The second kappa shape index (κ2) is 10.1. The van der Waals surface area contributed by atoms with Gasteiger partial charge in [-0.05, 0) is 38.1 Å². The predicted octanol–water partition coefficient (Wildman–Crippen LogP) is 2.21. The van der Waals surface area contributed by atoms with E-state index in [1.807, 2.05) is 0 Å². The fraction of sp³-hybridized carbons (Fsp3) is 0.318. The molecule has 2 atom stereocenters. The van der Waals surface area contributed by atoms with Crippen LogP contribution in [-0.2, 0) is 47.6 Å². The molecule has 1 aliphatic rings. The molecule has 0 unspecified atom stereocenters. The first-order valence-electron chi connectivity index (χ1n) is 9.97. The van der Waals surface area contributed by atoms with Gasteiger partial charge in [-0.15, -0.1) is 0 Å². The van der Waals surface area contributed by atoms with Crippen LogP contribution in [0.5, 0.6) is 0 Å². The van der Waals surface area contributed by atoms with E-state index in [1.165, 1.54) is 38.5 Å². The van der Waals surface area contributed by atoms with E-state index < -0.39 is 45.0 Å². The average molecular weight is 513 g/mol. The molecule has 1 aliphatic heterocycles. The van der Waals surface area contributed by atoms with E-state index in [-0.39, 0.29) is 21.3 Å². The number of methoxy groups -OCH3 is 2. The van der Waals surface area contributed by atoms with E-state index in [9.17, 15) is 21.6 Å². The summed E-state index contributed by atoms with van der Waals surface area (Å²) in [6.07, 6.45) is -3.06. The summed E-state index contributed by atoms with van der Waals surface area (Å²) in [6, 6.07) is 11.7. The Morgan fingerprint density at radius 3 is 1.79 bits per heavy atom. The number of cyclic esters (lactones) is 1. The molecular formula is C22H24O10S2. The van der Waals surface area contributed by atoms with Crippen molar-refractivity contribution in [2.45, 2.75) is 35.8 Å². The number of aryl methyl sites for hydroxylation is 2. The average Bonchev–Trinajstić information content (AvgIpc) is 3.12. The second-order valence-electron chi connectivity index (χ2n) is 7.38. The van der Waals surface area contributed by atoms with Crippen LogP contribution < -0.4 is 0 Å². The number of carbonyl (C=O) groups excluding carboxylic acids is 1. The van der Waals surface area contributed by atoms with Gasteiger partial charge in [-0.25, -0.2) is 4.79 Å². The topological polar surface area (TPSA) is 132 Å². The van der Waals surface area contributed by atoms with Crippen molar-refractivity contribution in [3.63, 3.8) is 0 Å². The zero-order valence-corrected chi connectivity index (χ0v) is 20.5. The summed E-state index contributed by atoms with van der Waals surface area (Å²) >= 11 is 0. The Labute approximate surface area is 198 Å². The van der Waals surface area contributed by atoms with Gasteiger partial charge in [0.05, 0.1) is 30.6 Å². The third-order valence-electron chi connectivity index (χ3n) is 4.92. The van der Waals surface area contributed by atoms with Crippen molar-refractivity contribution in [2.24, 2.45) is 0 Å². The summed E-state index contributed by atoms with van der Waals surface area (Å²) < 4.78 is 76.9. The van der Waals surface area contributed by atoms with Crippen molar-refractivity contribution in [1.82, 2.24) is 0 Å². The lowest BCUT2D eigenvalue weighted by Crippen LogP contribution is -2.38. The maximum absolute atomic E-state index is 12.9. The van der Waals surface area contributed by atoms with Crippen LogP contribution in [0.3, 0.4) is 0 Å². The Morgan fingerprint density at radius 2 is 1.32 bits per heavy atom. The van der Waals surface area contributed by atoms with E-state index in [0.29, 0.717) is 0 Å². The third-order valence-corrected chi connectivity index (χ3v) is 7.57. The molecule has 184 valence electrons. The molecule has 0 fully saturated rings. The maximum atomic E-state index is 12.9. The molecule has 0 aromatic heterocycles. The molecule has 0 amide bonds. The van der Waals surface area contributed by atoms with Gasteiger partial charge in [-0.1, -0.05) is 35.4 Å². The van der Waals surface area contributed by atoms with Crippen molar-refractivity contribution in [1.29, 1.82) is 0 Å². The number of hydrogen-bond acceptors (Lipinski definition) is 10. The summed E-state index contributed by atoms with van der Waals surface area (Å²) in [6.45, 7) is 2.77. The largest absolute Gasteiger partial charge is 0.493 e. The minimum atomic E-state index is -4.41. The highest BCUT2D eigenvalue weighted by atomic mass is 32.2. The lowest BCUT2D eigenvalue weighted by Gasteiger charge is -2.23. The Bertz CT molecular complexity index is 1280. The van der Waals surface area contributed by atoms with Crippen LogP contribution in [0.2, 0.25) is 0 Å². The van der Waals surface area contributed by atoms with Gasteiger partial charge in [0.2, 0.25) is 5.76 Å². The van der Waals surface area contributed by atoms with Crippen molar-refractivity contribution in [3.05, 3.63) is 71.2 Å². The van der Waals surface area contributed by atoms with Gasteiger partial charge in [-0.3, -0.25) is 8.37 Å². The van der Waals surface area contributed by atoms with Gasteiger partial charge in [-0.2, -0.15) is 16.8 Å². The lowest BCUT2D eigenvalue weighted by molar-refractivity contribution is -0.147. The third kappa shape index (κ3) is 5.58. The molecule has 0 aliphatic carbocycles. The highest BCUT2D eigenvalue weighted by molar-refractivity contribution is 7.87. The number of ether oxygens (including phenoxy) is 3. The molecule has 10 nitrogen and oxygen atoms in total. The number of rotatable bonds is 10. The molecular weight excluding hydrogens is 488 g/mol. The van der Waals surface area contributed by atoms with Gasteiger partial charge < -0.3 is 14.2 Å². The first-order chi connectivity index (χ1) is 16.0. The molecule has 2 aromatic rings. The Kier molecular flexibility index (Phi) is 7.66. The van der Waals surface area contributed by atoms with Gasteiger partial charge >= 0.3 is 5.97 Å². The molecule has 0 radical (unpaired) electrons. The van der Waals surface area contributed by atoms with Crippen molar-refractivity contribution >= 4 is 26.2 Å². The fourth-order valence-electron chi connectivity index (χ4n) is 3.11. The van der Waals surface area contributed by atoms with Gasteiger partial charge in [0.25, 0.3) is 20.2 Å². The van der Waals surface area contributed by atoms with Crippen LogP contribution in [-0.4, -0.2) is 55.8 Å². The molecule has 0 bridgehead atoms. The highest BCUT2D eigenvalue weighted by Crippen LogP contribution is 2.30. The summed E-state index contributed by atoms with van der Waals surface area (Å²) in [5.41, 5.74) is 1.66. The van der Waals surface area contributed by atoms with Crippen LogP contribution in [0.4, 0.5) is 0 Å². The van der Waals surface area contributed by atoms with Crippen LogP contribution in [0.15, 0.2) is 69.8 Å². The first-order valence-corrected chi connectivity index (χ1v) is 12.8. The van der Waals surface area contributed by atoms with Crippen molar-refractivity contribution < 1.29 is 44.2 Å². The van der Waals surface area contributed by atoms with E-state index in [1.54, 1.807) is 38.1 Å². The molecule has 3 rings (SSSR count). The Balaban J connectivity index is 1.93. The van der Waals surface area contributed by atoms with Crippen LogP contribution in [0.25, 0.3) is 0 Å². The highest BCUT2D eigenvalue weighted by Gasteiger charge is 2.45. The lowest BCUT2D eigenvalue weighted by atomic mass is 10.2. The van der Waals surface area contributed by atoms with Crippen molar-refractivity contribution in [3.8, 4) is 0 Å². The SMILES string of the molecule is COC1=C(OC)[C@H]([C@@H](COS(=O)(=O)c2ccc(C)cc2)OS(=O)(=O)c2ccc(C)cc2)OC1=O. The maximum Gasteiger partial charge on any atom is 0.378 e. The van der Waals surface area contributed by atoms with Crippen LogP contribution in [0, 0.1) is 13.8 Å². The molecule has 1 heterocycles. The number of esters is 1. The first kappa shape index (κ1) is 25.7. The summed E-state index contributed by atoms with van der Waals surface area (Å²) in [7, 11) is -6.27.